The lowest BCUT2D eigenvalue weighted by atomic mass is 9.84. The summed E-state index contributed by atoms with van der Waals surface area (Å²) in [5, 5.41) is 3.63. The van der Waals surface area contributed by atoms with Crippen LogP contribution in [0.5, 0.6) is 0 Å². The van der Waals surface area contributed by atoms with Gasteiger partial charge in [0.2, 0.25) is 0 Å². The molecule has 0 aromatic carbocycles. The molecule has 3 nitrogen and oxygen atoms in total. The molecule has 0 aromatic rings. The predicted octanol–water partition coefficient (Wildman–Crippen LogP) is 2.60. The average molecular weight is 253 g/mol. The predicted molar refractivity (Wildman–Crippen MR) is 72.2 cm³/mol. The van der Waals surface area contributed by atoms with Gasteiger partial charge in [0, 0.05) is 6.04 Å². The molecule has 0 saturated heterocycles. The van der Waals surface area contributed by atoms with Crippen LogP contribution < -0.4 is 5.32 Å². The second kappa shape index (κ2) is 6.05. The zero-order chi connectivity index (χ0) is 13.1. The van der Waals surface area contributed by atoms with E-state index in [2.05, 4.69) is 19.2 Å². The fraction of sp³-hybridized carbons (Fsp3) is 0.933. The molecular weight excluding hydrogens is 226 g/mol. The summed E-state index contributed by atoms with van der Waals surface area (Å²) in [6.45, 7) is 7.91. The van der Waals surface area contributed by atoms with Gasteiger partial charge in [0.1, 0.15) is 0 Å². The Kier molecular flexibility index (Phi) is 4.66. The average Bonchev–Trinajstić information content (AvgIpc) is 2.89. The molecule has 104 valence electrons. The lowest BCUT2D eigenvalue weighted by molar-refractivity contribution is -0.150. The number of rotatable bonds is 6. The molecule has 2 aliphatic carbocycles. The van der Waals surface area contributed by atoms with Gasteiger partial charge in [0.25, 0.3) is 0 Å². The number of ether oxygens (including phenoxy) is 1. The van der Waals surface area contributed by atoms with Gasteiger partial charge in [-0.3, -0.25) is 4.79 Å². The summed E-state index contributed by atoms with van der Waals surface area (Å²) >= 11 is 0. The zero-order valence-corrected chi connectivity index (χ0v) is 11.9. The van der Waals surface area contributed by atoms with Gasteiger partial charge in [0.15, 0.2) is 0 Å². The van der Waals surface area contributed by atoms with Crippen LogP contribution in [0.3, 0.4) is 0 Å². The quantitative estimate of drug-likeness (QED) is 0.739. The molecule has 0 spiro atoms. The van der Waals surface area contributed by atoms with Gasteiger partial charge in [-0.25, -0.2) is 0 Å². The Morgan fingerprint density at radius 3 is 2.72 bits per heavy atom. The van der Waals surface area contributed by atoms with Gasteiger partial charge in [0.05, 0.1) is 12.5 Å². The van der Waals surface area contributed by atoms with Gasteiger partial charge in [-0.05, 0) is 56.9 Å². The SMILES string of the molecule is CCOC(=O)C1C(NCCC(C)C)[C@H]2CC[C@@H]1C2. The lowest BCUT2D eigenvalue weighted by Crippen LogP contribution is -2.45. The van der Waals surface area contributed by atoms with Gasteiger partial charge in [-0.1, -0.05) is 13.8 Å². The van der Waals surface area contributed by atoms with Crippen molar-refractivity contribution in [1.82, 2.24) is 5.32 Å². The van der Waals surface area contributed by atoms with Crippen molar-refractivity contribution >= 4 is 5.97 Å². The minimum absolute atomic E-state index is 0.0340. The standard InChI is InChI=1S/C15H27NO2/c1-4-18-15(17)13-11-5-6-12(9-11)14(13)16-8-7-10(2)3/h10-14,16H,4-9H2,1-3H3/t11-,12+,13?,14?/m1/s1. The number of fused-ring (bicyclic) bond motifs is 2. The topological polar surface area (TPSA) is 38.3 Å². The maximum atomic E-state index is 12.1. The fourth-order valence-corrected chi connectivity index (χ4v) is 3.70. The van der Waals surface area contributed by atoms with E-state index < -0.39 is 0 Å². The number of esters is 1. The third kappa shape index (κ3) is 2.87. The molecule has 18 heavy (non-hydrogen) atoms. The summed E-state index contributed by atoms with van der Waals surface area (Å²) in [7, 11) is 0. The highest BCUT2D eigenvalue weighted by molar-refractivity contribution is 5.74. The molecule has 0 aromatic heterocycles. The molecule has 2 aliphatic rings. The number of carbonyl (C=O) groups is 1. The Morgan fingerprint density at radius 2 is 2.06 bits per heavy atom. The fourth-order valence-electron chi connectivity index (χ4n) is 3.70. The van der Waals surface area contributed by atoms with Crippen LogP contribution in [0.2, 0.25) is 0 Å². The van der Waals surface area contributed by atoms with Crippen molar-refractivity contribution < 1.29 is 9.53 Å². The molecule has 2 rings (SSSR count). The molecule has 2 bridgehead atoms. The Bertz CT molecular complexity index is 290. The van der Waals surface area contributed by atoms with E-state index in [0.29, 0.717) is 24.5 Å². The summed E-state index contributed by atoms with van der Waals surface area (Å²) in [6.07, 6.45) is 4.92. The van der Waals surface area contributed by atoms with E-state index in [1.807, 2.05) is 6.92 Å². The normalized spacial score (nSPS) is 34.2. The summed E-state index contributed by atoms with van der Waals surface area (Å²) < 4.78 is 5.26. The van der Waals surface area contributed by atoms with Gasteiger partial charge >= 0.3 is 5.97 Å². The van der Waals surface area contributed by atoms with Crippen LogP contribution in [0.1, 0.15) is 46.5 Å². The first-order valence-corrected chi connectivity index (χ1v) is 7.53. The molecule has 2 saturated carbocycles. The number of hydrogen-bond donors (Lipinski definition) is 1. The molecule has 2 fully saturated rings. The number of nitrogens with one attached hydrogen (secondary N) is 1. The van der Waals surface area contributed by atoms with E-state index in [1.165, 1.54) is 25.7 Å². The van der Waals surface area contributed by atoms with Gasteiger partial charge in [-0.15, -0.1) is 0 Å². The molecule has 3 heteroatoms. The van der Waals surface area contributed by atoms with Gasteiger partial charge in [-0.2, -0.15) is 0 Å². The second-order valence-electron chi connectivity index (χ2n) is 6.27. The highest BCUT2D eigenvalue weighted by atomic mass is 16.5. The smallest absolute Gasteiger partial charge is 0.310 e. The van der Waals surface area contributed by atoms with E-state index >= 15 is 0 Å². The molecule has 1 N–H and O–H groups in total. The minimum atomic E-state index is 0.0340. The Labute approximate surface area is 111 Å². The molecule has 2 unspecified atom stereocenters. The minimum Gasteiger partial charge on any atom is -0.466 e. The molecule has 4 atom stereocenters. The van der Waals surface area contributed by atoms with E-state index in [4.69, 9.17) is 4.74 Å². The summed E-state index contributed by atoms with van der Waals surface area (Å²) in [6, 6.07) is 0.376. The Balaban J connectivity index is 1.91. The molecule has 0 aliphatic heterocycles. The second-order valence-corrected chi connectivity index (χ2v) is 6.27. The van der Waals surface area contributed by atoms with E-state index in [1.54, 1.807) is 0 Å². The van der Waals surface area contributed by atoms with Crippen LogP contribution >= 0.6 is 0 Å². The van der Waals surface area contributed by atoms with Crippen molar-refractivity contribution in [3.05, 3.63) is 0 Å². The van der Waals surface area contributed by atoms with Crippen LogP contribution in [-0.4, -0.2) is 25.2 Å². The largest absolute Gasteiger partial charge is 0.466 e. The third-order valence-corrected chi connectivity index (χ3v) is 4.58. The summed E-state index contributed by atoms with van der Waals surface area (Å²) in [5.41, 5.74) is 0. The van der Waals surface area contributed by atoms with Crippen LogP contribution in [0.4, 0.5) is 0 Å². The highest BCUT2D eigenvalue weighted by Gasteiger charge is 2.51. The summed E-state index contributed by atoms with van der Waals surface area (Å²) in [4.78, 5) is 12.1. The Morgan fingerprint density at radius 1 is 1.33 bits per heavy atom. The first-order chi connectivity index (χ1) is 8.63. The van der Waals surface area contributed by atoms with Crippen molar-refractivity contribution in [2.24, 2.45) is 23.7 Å². The third-order valence-electron chi connectivity index (χ3n) is 4.58. The van der Waals surface area contributed by atoms with E-state index in [-0.39, 0.29) is 11.9 Å². The number of carbonyl (C=O) groups excluding carboxylic acids is 1. The molecular formula is C15H27NO2. The molecule has 0 radical (unpaired) electrons. The summed E-state index contributed by atoms with van der Waals surface area (Å²) in [5.74, 6) is 2.15. The van der Waals surface area contributed by atoms with Crippen LogP contribution in [0, 0.1) is 23.7 Å². The van der Waals surface area contributed by atoms with Crippen molar-refractivity contribution in [3.63, 3.8) is 0 Å². The van der Waals surface area contributed by atoms with Crippen LogP contribution in [0.25, 0.3) is 0 Å². The maximum Gasteiger partial charge on any atom is 0.310 e. The Hall–Kier alpha value is -0.570. The zero-order valence-electron chi connectivity index (χ0n) is 11.9. The highest BCUT2D eigenvalue weighted by Crippen LogP contribution is 2.48. The lowest BCUT2D eigenvalue weighted by Gasteiger charge is -2.30. The molecule has 0 amide bonds. The van der Waals surface area contributed by atoms with Crippen molar-refractivity contribution in [3.8, 4) is 0 Å². The maximum absolute atomic E-state index is 12.1. The van der Waals surface area contributed by atoms with Crippen LogP contribution in [0.15, 0.2) is 0 Å². The van der Waals surface area contributed by atoms with Crippen molar-refractivity contribution in [1.29, 1.82) is 0 Å². The molecule has 0 heterocycles. The van der Waals surface area contributed by atoms with E-state index in [9.17, 15) is 4.79 Å². The van der Waals surface area contributed by atoms with Gasteiger partial charge < -0.3 is 10.1 Å². The van der Waals surface area contributed by atoms with Crippen molar-refractivity contribution in [2.75, 3.05) is 13.2 Å². The van der Waals surface area contributed by atoms with Crippen molar-refractivity contribution in [2.45, 2.75) is 52.5 Å². The van der Waals surface area contributed by atoms with Crippen LogP contribution in [-0.2, 0) is 9.53 Å². The monoisotopic (exact) mass is 253 g/mol. The first kappa shape index (κ1) is 13.9. The van der Waals surface area contributed by atoms with E-state index in [0.717, 1.165) is 12.5 Å². The first-order valence-electron chi connectivity index (χ1n) is 7.53. The number of hydrogen-bond acceptors (Lipinski definition) is 3.